The fraction of sp³-hybridized carbons (Fsp3) is 0.571. The fourth-order valence-corrected chi connectivity index (χ4v) is 6.24. The second-order valence-electron chi connectivity index (χ2n) is 8.70. The lowest BCUT2D eigenvalue weighted by molar-refractivity contribution is -0.131. The Bertz CT molecular complexity index is 879. The zero-order valence-corrected chi connectivity index (χ0v) is 17.0. The van der Waals surface area contributed by atoms with Gasteiger partial charge in [0, 0.05) is 12.2 Å². The summed E-state index contributed by atoms with van der Waals surface area (Å²) in [5.41, 5.74) is 2.29. The Hall–Kier alpha value is -1.86. The molecule has 2 saturated carbocycles. The average molecular weight is 399 g/mol. The number of aromatic nitrogens is 3. The predicted octanol–water partition coefficient (Wildman–Crippen LogP) is 2.71. The van der Waals surface area contributed by atoms with Gasteiger partial charge in [-0.2, -0.15) is 0 Å². The Kier molecular flexibility index (Phi) is 4.47. The predicted molar refractivity (Wildman–Crippen MR) is 107 cm³/mol. The minimum atomic E-state index is -0.333. The standard InChI is InChI=1S/C21H26N4O2S/c1-12(2)13-3-5-16(6-4-13)25-11-22-23-21(25)28-10-18(26)24-9-15-7-14-8-17(15)19(24)20(14)27/h3-6,11-12,14-15,17,19-20,27H,7-10H2,1-2H3. The van der Waals surface area contributed by atoms with Crippen molar-refractivity contribution in [3.8, 4) is 5.69 Å². The molecule has 1 aliphatic heterocycles. The summed E-state index contributed by atoms with van der Waals surface area (Å²) in [6, 6.07) is 8.42. The largest absolute Gasteiger partial charge is 0.391 e. The smallest absolute Gasteiger partial charge is 0.233 e. The van der Waals surface area contributed by atoms with E-state index in [0.717, 1.165) is 30.2 Å². The lowest BCUT2D eigenvalue weighted by atomic mass is 9.88. The number of benzene rings is 1. The molecule has 2 heterocycles. The average Bonchev–Trinajstić information content (AvgIpc) is 3.42. The highest BCUT2D eigenvalue weighted by molar-refractivity contribution is 7.99. The molecule has 1 aromatic carbocycles. The molecule has 0 spiro atoms. The Morgan fingerprint density at radius 1 is 1.25 bits per heavy atom. The number of hydrogen-bond acceptors (Lipinski definition) is 5. The number of aliphatic hydroxyl groups is 1. The molecular formula is C21H26N4O2S. The molecule has 5 atom stereocenters. The number of carbonyl (C=O) groups excluding carboxylic acids is 1. The van der Waals surface area contributed by atoms with Crippen LogP contribution in [0.15, 0.2) is 35.7 Å². The van der Waals surface area contributed by atoms with E-state index < -0.39 is 0 Å². The maximum atomic E-state index is 12.9. The Balaban J connectivity index is 1.27. The molecule has 148 valence electrons. The van der Waals surface area contributed by atoms with Crippen molar-refractivity contribution in [3.63, 3.8) is 0 Å². The summed E-state index contributed by atoms with van der Waals surface area (Å²) in [5, 5.41) is 19.5. The van der Waals surface area contributed by atoms with Crippen molar-refractivity contribution >= 4 is 17.7 Å². The third-order valence-corrected chi connectivity index (χ3v) is 7.78. The third-order valence-electron chi connectivity index (χ3n) is 6.85. The van der Waals surface area contributed by atoms with E-state index >= 15 is 0 Å². The zero-order valence-electron chi connectivity index (χ0n) is 16.2. The molecule has 0 radical (unpaired) electrons. The SMILES string of the molecule is CC(C)c1ccc(-n2cnnc2SCC(=O)N2CC3CC4CC3C2C4O)cc1. The third kappa shape index (κ3) is 2.87. The van der Waals surface area contributed by atoms with Crippen LogP contribution >= 0.6 is 11.8 Å². The van der Waals surface area contributed by atoms with E-state index in [1.54, 1.807) is 6.33 Å². The van der Waals surface area contributed by atoms with Gasteiger partial charge in [-0.15, -0.1) is 10.2 Å². The van der Waals surface area contributed by atoms with E-state index in [1.165, 1.54) is 17.3 Å². The minimum absolute atomic E-state index is 0.0401. The van der Waals surface area contributed by atoms with E-state index in [4.69, 9.17) is 0 Å². The van der Waals surface area contributed by atoms with Gasteiger partial charge >= 0.3 is 0 Å². The molecule has 3 fully saturated rings. The summed E-state index contributed by atoms with van der Waals surface area (Å²) < 4.78 is 1.93. The zero-order chi connectivity index (χ0) is 19.4. The van der Waals surface area contributed by atoms with Crippen molar-refractivity contribution in [3.05, 3.63) is 36.2 Å². The lowest BCUT2D eigenvalue weighted by Gasteiger charge is -2.28. The van der Waals surface area contributed by atoms with Crippen molar-refractivity contribution in [2.45, 2.75) is 49.9 Å². The van der Waals surface area contributed by atoms with Crippen molar-refractivity contribution in [2.24, 2.45) is 17.8 Å². The molecule has 2 bridgehead atoms. The summed E-state index contributed by atoms with van der Waals surface area (Å²) in [7, 11) is 0. The molecule has 7 heteroatoms. The molecule has 2 aromatic rings. The lowest BCUT2D eigenvalue weighted by Crippen LogP contribution is -2.44. The van der Waals surface area contributed by atoms with E-state index in [9.17, 15) is 9.90 Å². The van der Waals surface area contributed by atoms with E-state index in [2.05, 4.69) is 48.3 Å². The minimum Gasteiger partial charge on any atom is -0.391 e. The highest BCUT2D eigenvalue weighted by atomic mass is 32.2. The number of nitrogens with zero attached hydrogens (tertiary/aromatic N) is 4. The maximum absolute atomic E-state index is 12.9. The van der Waals surface area contributed by atoms with E-state index in [1.807, 2.05) is 9.47 Å². The van der Waals surface area contributed by atoms with Gasteiger partial charge in [0.2, 0.25) is 5.91 Å². The van der Waals surface area contributed by atoms with E-state index in [-0.39, 0.29) is 18.1 Å². The second-order valence-corrected chi connectivity index (χ2v) is 9.64. The van der Waals surface area contributed by atoms with Gasteiger partial charge in [0.15, 0.2) is 5.16 Å². The van der Waals surface area contributed by atoms with Crippen LogP contribution < -0.4 is 0 Å². The number of amides is 1. The molecular weight excluding hydrogens is 372 g/mol. The van der Waals surface area contributed by atoms with Gasteiger partial charge in [-0.25, -0.2) is 0 Å². The second kappa shape index (κ2) is 6.88. The topological polar surface area (TPSA) is 71.2 Å². The van der Waals surface area contributed by atoms with Crippen LogP contribution in [0.25, 0.3) is 5.69 Å². The van der Waals surface area contributed by atoms with Crippen LogP contribution in [0.1, 0.15) is 38.2 Å². The van der Waals surface area contributed by atoms with Crippen LogP contribution in [0.3, 0.4) is 0 Å². The van der Waals surface area contributed by atoms with Crippen LogP contribution in [-0.4, -0.2) is 55.1 Å². The maximum Gasteiger partial charge on any atom is 0.233 e. The summed E-state index contributed by atoms with van der Waals surface area (Å²) in [6.07, 6.45) is 3.54. The fourth-order valence-electron chi connectivity index (χ4n) is 5.43. The van der Waals surface area contributed by atoms with Gasteiger partial charge in [0.05, 0.1) is 17.9 Å². The first-order valence-electron chi connectivity index (χ1n) is 10.1. The molecule has 2 aliphatic carbocycles. The van der Waals surface area contributed by atoms with Crippen LogP contribution in [0.2, 0.25) is 0 Å². The van der Waals surface area contributed by atoms with Crippen LogP contribution in [0.5, 0.6) is 0 Å². The van der Waals surface area contributed by atoms with Crippen LogP contribution in [-0.2, 0) is 4.79 Å². The summed E-state index contributed by atoms with van der Waals surface area (Å²) in [5.74, 6) is 2.43. The number of hydrogen-bond donors (Lipinski definition) is 1. The van der Waals surface area contributed by atoms with Crippen molar-refractivity contribution in [2.75, 3.05) is 12.3 Å². The first-order chi connectivity index (χ1) is 13.5. The first kappa shape index (κ1) is 18.2. The van der Waals surface area contributed by atoms with Gasteiger partial charge in [-0.1, -0.05) is 37.7 Å². The molecule has 1 saturated heterocycles. The highest BCUT2D eigenvalue weighted by Gasteiger charge is 2.59. The summed E-state index contributed by atoms with van der Waals surface area (Å²) in [6.45, 7) is 5.16. The van der Waals surface area contributed by atoms with Crippen LogP contribution in [0, 0.1) is 17.8 Å². The number of rotatable bonds is 5. The summed E-state index contributed by atoms with van der Waals surface area (Å²) in [4.78, 5) is 14.8. The quantitative estimate of drug-likeness (QED) is 0.784. The molecule has 3 aliphatic rings. The number of fused-ring (bicyclic) bond motifs is 1. The highest BCUT2D eigenvalue weighted by Crippen LogP contribution is 2.54. The Labute approximate surface area is 169 Å². The molecule has 1 amide bonds. The number of likely N-dealkylation sites (tertiary alicyclic amines) is 1. The van der Waals surface area contributed by atoms with Gasteiger partial charge < -0.3 is 10.0 Å². The molecule has 1 aromatic heterocycles. The van der Waals surface area contributed by atoms with Crippen molar-refractivity contribution in [1.29, 1.82) is 0 Å². The van der Waals surface area contributed by atoms with Crippen molar-refractivity contribution < 1.29 is 9.90 Å². The molecule has 1 N–H and O–H groups in total. The molecule has 5 unspecified atom stereocenters. The normalized spacial score (nSPS) is 30.6. The van der Waals surface area contributed by atoms with Gasteiger partial charge in [0.1, 0.15) is 6.33 Å². The van der Waals surface area contributed by atoms with E-state index in [0.29, 0.717) is 29.4 Å². The van der Waals surface area contributed by atoms with Gasteiger partial charge in [-0.05, 0) is 54.2 Å². The Morgan fingerprint density at radius 2 is 2.04 bits per heavy atom. The number of aliphatic hydroxyl groups excluding tert-OH is 1. The van der Waals surface area contributed by atoms with Gasteiger partial charge in [-0.3, -0.25) is 9.36 Å². The Morgan fingerprint density at radius 3 is 2.75 bits per heavy atom. The molecule has 5 rings (SSSR count). The first-order valence-corrected chi connectivity index (χ1v) is 11.1. The molecule has 28 heavy (non-hydrogen) atoms. The van der Waals surface area contributed by atoms with Gasteiger partial charge in [0.25, 0.3) is 0 Å². The number of carbonyl (C=O) groups is 1. The summed E-state index contributed by atoms with van der Waals surface area (Å²) >= 11 is 1.42. The monoisotopic (exact) mass is 398 g/mol. The van der Waals surface area contributed by atoms with Crippen molar-refractivity contribution in [1.82, 2.24) is 19.7 Å². The van der Waals surface area contributed by atoms with Crippen LogP contribution in [0.4, 0.5) is 0 Å². The number of thioether (sulfide) groups is 1. The molecule has 6 nitrogen and oxygen atoms in total.